The Labute approximate surface area is 194 Å². The number of nitrogens with zero attached hydrogens (tertiary/aromatic N) is 1. The summed E-state index contributed by atoms with van der Waals surface area (Å²) in [5.74, 6) is 1.37. The largest absolute Gasteiger partial charge is 0.497 e. The number of carbonyl (C=O) groups excluding carboxylic acids is 2. The van der Waals surface area contributed by atoms with Crippen LogP contribution < -0.4 is 14.8 Å². The van der Waals surface area contributed by atoms with E-state index >= 15 is 0 Å². The molecule has 1 amide bonds. The van der Waals surface area contributed by atoms with Crippen molar-refractivity contribution in [1.29, 1.82) is 0 Å². The second-order valence-electron chi connectivity index (χ2n) is 7.00. The number of esters is 1. The lowest BCUT2D eigenvalue weighted by Crippen LogP contribution is -2.10. The SMILES string of the molecule is CCOC(=O)c1ccc2nc(NC(=O)c3ccc(Cc4cc(OC)ccc4OC)o3)sc2c1. The van der Waals surface area contributed by atoms with Crippen LogP contribution in [-0.4, -0.2) is 37.7 Å². The molecular formula is C24H22N2O6S. The molecule has 0 aliphatic carbocycles. The minimum atomic E-state index is -0.413. The molecule has 0 bridgehead atoms. The van der Waals surface area contributed by atoms with E-state index in [2.05, 4.69) is 10.3 Å². The van der Waals surface area contributed by atoms with Gasteiger partial charge in [-0.15, -0.1) is 0 Å². The zero-order valence-corrected chi connectivity index (χ0v) is 19.2. The van der Waals surface area contributed by atoms with Gasteiger partial charge in [0.1, 0.15) is 17.3 Å². The highest BCUT2D eigenvalue weighted by atomic mass is 32.1. The van der Waals surface area contributed by atoms with Gasteiger partial charge in [-0.05, 0) is 55.5 Å². The maximum absolute atomic E-state index is 12.7. The van der Waals surface area contributed by atoms with E-state index in [1.54, 1.807) is 51.5 Å². The Balaban J connectivity index is 1.48. The fourth-order valence-electron chi connectivity index (χ4n) is 3.28. The Bertz CT molecular complexity index is 1310. The lowest BCUT2D eigenvalue weighted by Gasteiger charge is -2.09. The summed E-state index contributed by atoms with van der Waals surface area (Å²) < 4.78 is 22.2. The van der Waals surface area contributed by atoms with Gasteiger partial charge >= 0.3 is 5.97 Å². The van der Waals surface area contributed by atoms with E-state index in [1.165, 1.54) is 11.3 Å². The Morgan fingerprint density at radius 3 is 2.67 bits per heavy atom. The van der Waals surface area contributed by atoms with Crippen LogP contribution in [-0.2, 0) is 11.2 Å². The Kier molecular flexibility index (Phi) is 6.60. The van der Waals surface area contributed by atoms with Gasteiger partial charge in [0.15, 0.2) is 10.9 Å². The molecule has 0 unspecified atom stereocenters. The highest BCUT2D eigenvalue weighted by Gasteiger charge is 2.16. The fraction of sp³-hybridized carbons (Fsp3) is 0.208. The molecule has 0 aliphatic heterocycles. The predicted octanol–water partition coefficient (Wildman–Crippen LogP) is 4.93. The zero-order valence-electron chi connectivity index (χ0n) is 18.3. The molecule has 0 spiro atoms. The number of aromatic nitrogens is 1. The highest BCUT2D eigenvalue weighted by Crippen LogP contribution is 2.29. The van der Waals surface area contributed by atoms with Crippen LogP contribution in [0, 0.1) is 0 Å². The van der Waals surface area contributed by atoms with Crippen LogP contribution in [0.1, 0.15) is 39.2 Å². The standard InChI is InChI=1S/C24H22N2O6S/c1-4-31-23(28)14-5-8-18-21(13-14)33-24(25-18)26-22(27)20-10-7-17(32-20)12-15-11-16(29-2)6-9-19(15)30-3/h5-11,13H,4,12H2,1-3H3,(H,25,26,27). The predicted molar refractivity (Wildman–Crippen MR) is 125 cm³/mol. The number of rotatable bonds is 8. The zero-order chi connectivity index (χ0) is 23.4. The third kappa shape index (κ3) is 4.98. The number of hydrogen-bond donors (Lipinski definition) is 1. The number of anilines is 1. The van der Waals surface area contributed by atoms with Crippen LogP contribution in [0.15, 0.2) is 52.9 Å². The summed E-state index contributed by atoms with van der Waals surface area (Å²) in [5.41, 5.74) is 1.99. The summed E-state index contributed by atoms with van der Waals surface area (Å²) in [6, 6.07) is 13.9. The van der Waals surface area contributed by atoms with Crippen molar-refractivity contribution in [2.45, 2.75) is 13.3 Å². The minimum Gasteiger partial charge on any atom is -0.497 e. The number of carbonyl (C=O) groups is 2. The van der Waals surface area contributed by atoms with Crippen molar-refractivity contribution in [3.8, 4) is 11.5 Å². The van der Waals surface area contributed by atoms with Crippen molar-refractivity contribution in [3.63, 3.8) is 0 Å². The van der Waals surface area contributed by atoms with Gasteiger partial charge in [-0.3, -0.25) is 10.1 Å². The number of nitrogens with one attached hydrogen (secondary N) is 1. The Morgan fingerprint density at radius 2 is 1.91 bits per heavy atom. The minimum absolute atomic E-state index is 0.165. The summed E-state index contributed by atoms with van der Waals surface area (Å²) in [7, 11) is 3.20. The molecule has 4 aromatic rings. The van der Waals surface area contributed by atoms with Crippen molar-refractivity contribution in [2.24, 2.45) is 0 Å². The van der Waals surface area contributed by atoms with E-state index < -0.39 is 11.9 Å². The Hall–Kier alpha value is -3.85. The second kappa shape index (κ2) is 9.74. The van der Waals surface area contributed by atoms with Gasteiger partial charge in [-0.1, -0.05) is 11.3 Å². The molecule has 4 rings (SSSR count). The van der Waals surface area contributed by atoms with Gasteiger partial charge in [-0.25, -0.2) is 9.78 Å². The van der Waals surface area contributed by atoms with Crippen molar-refractivity contribution in [1.82, 2.24) is 4.98 Å². The van der Waals surface area contributed by atoms with Crippen molar-refractivity contribution in [2.75, 3.05) is 26.1 Å². The number of amides is 1. The number of benzene rings is 2. The molecular weight excluding hydrogens is 444 g/mol. The smallest absolute Gasteiger partial charge is 0.338 e. The first-order valence-corrected chi connectivity index (χ1v) is 11.0. The number of fused-ring (bicyclic) bond motifs is 1. The van der Waals surface area contributed by atoms with Gasteiger partial charge in [-0.2, -0.15) is 0 Å². The molecule has 170 valence electrons. The Morgan fingerprint density at radius 1 is 1.06 bits per heavy atom. The maximum atomic E-state index is 12.7. The summed E-state index contributed by atoms with van der Waals surface area (Å²) in [4.78, 5) is 29.0. The summed E-state index contributed by atoms with van der Waals surface area (Å²) in [5, 5.41) is 3.16. The molecule has 0 atom stereocenters. The van der Waals surface area contributed by atoms with E-state index in [-0.39, 0.29) is 5.76 Å². The lowest BCUT2D eigenvalue weighted by molar-refractivity contribution is 0.0526. The number of thiazole rings is 1. The van der Waals surface area contributed by atoms with Crippen molar-refractivity contribution < 1.29 is 28.2 Å². The number of hydrogen-bond acceptors (Lipinski definition) is 8. The van der Waals surface area contributed by atoms with Gasteiger partial charge in [0.25, 0.3) is 5.91 Å². The van der Waals surface area contributed by atoms with E-state index in [0.29, 0.717) is 46.5 Å². The maximum Gasteiger partial charge on any atom is 0.338 e. The van der Waals surface area contributed by atoms with Crippen LogP contribution in [0.5, 0.6) is 11.5 Å². The van der Waals surface area contributed by atoms with Gasteiger partial charge < -0.3 is 18.6 Å². The van der Waals surface area contributed by atoms with E-state index in [9.17, 15) is 9.59 Å². The molecule has 9 heteroatoms. The van der Waals surface area contributed by atoms with Gasteiger partial charge in [0.05, 0.1) is 36.6 Å². The van der Waals surface area contributed by atoms with E-state index in [4.69, 9.17) is 18.6 Å². The average molecular weight is 467 g/mol. The normalized spacial score (nSPS) is 10.8. The number of methoxy groups -OCH3 is 2. The summed E-state index contributed by atoms with van der Waals surface area (Å²) in [6.45, 7) is 2.06. The van der Waals surface area contributed by atoms with Crippen molar-refractivity contribution in [3.05, 3.63) is 71.2 Å². The highest BCUT2D eigenvalue weighted by molar-refractivity contribution is 7.22. The molecule has 0 saturated carbocycles. The molecule has 0 radical (unpaired) electrons. The van der Waals surface area contributed by atoms with Crippen molar-refractivity contribution >= 4 is 38.6 Å². The molecule has 2 heterocycles. The number of ether oxygens (including phenoxy) is 3. The van der Waals surface area contributed by atoms with Gasteiger partial charge in [0, 0.05) is 12.0 Å². The van der Waals surface area contributed by atoms with Crippen LogP contribution in [0.2, 0.25) is 0 Å². The molecule has 2 aromatic heterocycles. The summed E-state index contributed by atoms with van der Waals surface area (Å²) in [6.07, 6.45) is 0.436. The van der Waals surface area contributed by atoms with Crippen LogP contribution in [0.25, 0.3) is 10.2 Å². The molecule has 33 heavy (non-hydrogen) atoms. The van der Waals surface area contributed by atoms with Gasteiger partial charge in [0.2, 0.25) is 0 Å². The van der Waals surface area contributed by atoms with Crippen LogP contribution >= 0.6 is 11.3 Å². The average Bonchev–Trinajstić information content (AvgIpc) is 3.45. The number of furan rings is 1. The topological polar surface area (TPSA) is 99.9 Å². The lowest BCUT2D eigenvalue weighted by atomic mass is 10.1. The molecule has 2 aromatic carbocycles. The molecule has 0 saturated heterocycles. The summed E-state index contributed by atoms with van der Waals surface area (Å²) >= 11 is 1.27. The van der Waals surface area contributed by atoms with E-state index in [0.717, 1.165) is 10.3 Å². The molecule has 8 nitrogen and oxygen atoms in total. The third-order valence-corrected chi connectivity index (χ3v) is 5.79. The quantitative estimate of drug-likeness (QED) is 0.368. The van der Waals surface area contributed by atoms with Crippen LogP contribution in [0.3, 0.4) is 0 Å². The molecule has 0 aliphatic rings. The van der Waals surface area contributed by atoms with Crippen LogP contribution in [0.4, 0.5) is 5.13 Å². The first-order chi connectivity index (χ1) is 16.0. The van der Waals surface area contributed by atoms with E-state index in [1.807, 2.05) is 18.2 Å². The second-order valence-corrected chi connectivity index (χ2v) is 8.03. The first kappa shape index (κ1) is 22.3. The fourth-order valence-corrected chi connectivity index (χ4v) is 4.18. The first-order valence-electron chi connectivity index (χ1n) is 10.2. The molecule has 1 N–H and O–H groups in total. The molecule has 0 fully saturated rings. The third-order valence-electron chi connectivity index (χ3n) is 4.86. The monoisotopic (exact) mass is 466 g/mol.